The average Bonchev–Trinajstić information content (AvgIpc) is 2.09. The molecule has 0 N–H and O–H groups in total. The fraction of sp³-hybridized carbons (Fsp3) is 0.571. The summed E-state index contributed by atoms with van der Waals surface area (Å²) < 4.78 is 0. The lowest BCUT2D eigenvalue weighted by atomic mass is 10.3. The first-order valence-electron chi connectivity index (χ1n) is 3.33. The Labute approximate surface area is 70.9 Å². The van der Waals surface area contributed by atoms with Crippen molar-refractivity contribution in [2.75, 3.05) is 13.2 Å². The van der Waals surface area contributed by atoms with Gasteiger partial charge >= 0.3 is 0 Å². The Kier molecular flexibility index (Phi) is 7.46. The third-order valence-corrected chi connectivity index (χ3v) is 1.10. The third-order valence-electron chi connectivity index (χ3n) is 0.949. The van der Waals surface area contributed by atoms with Crippen LogP contribution in [0.1, 0.15) is 12.8 Å². The lowest BCUT2D eigenvalue weighted by molar-refractivity contribution is -0.312. The highest BCUT2D eigenvalue weighted by atomic mass is 35.5. The molecule has 0 saturated carbocycles. The lowest BCUT2D eigenvalue weighted by Crippen LogP contribution is -2.05. The van der Waals surface area contributed by atoms with E-state index in [1.165, 1.54) is 0 Å². The summed E-state index contributed by atoms with van der Waals surface area (Å²) in [6.45, 7) is 4.63. The van der Waals surface area contributed by atoms with Crippen molar-refractivity contribution in [3.8, 4) is 0 Å². The summed E-state index contributed by atoms with van der Waals surface area (Å²) in [5.41, 5.74) is 0. The molecule has 11 heavy (non-hydrogen) atoms. The van der Waals surface area contributed by atoms with E-state index in [-0.39, 0.29) is 0 Å². The van der Waals surface area contributed by atoms with E-state index in [1.54, 1.807) is 0 Å². The molecule has 0 aliphatic carbocycles. The summed E-state index contributed by atoms with van der Waals surface area (Å²) >= 11 is 4.71. The van der Waals surface area contributed by atoms with Gasteiger partial charge in [0.1, 0.15) is 0 Å². The molecule has 0 radical (unpaired) electrons. The Balaban J connectivity index is 0.000000187. The van der Waals surface area contributed by atoms with Crippen LogP contribution in [0.25, 0.3) is 0 Å². The van der Waals surface area contributed by atoms with Gasteiger partial charge in [0.2, 0.25) is 5.24 Å². The molecule has 0 amide bonds. The molecule has 1 rings (SSSR count). The fourth-order valence-electron chi connectivity index (χ4n) is 0.440. The normalized spacial score (nSPS) is 16.1. The predicted octanol–water partition coefficient (Wildman–Crippen LogP) is 1.67. The monoisotopic (exact) mass is 178 g/mol. The Hall–Kier alpha value is -0.380. The molecular weight excluding hydrogens is 168 g/mol. The molecule has 1 aliphatic rings. The molecule has 1 saturated heterocycles. The summed E-state index contributed by atoms with van der Waals surface area (Å²) in [4.78, 5) is 18.6. The quantitative estimate of drug-likeness (QED) is 0.348. The number of rotatable bonds is 1. The van der Waals surface area contributed by atoms with Crippen LogP contribution in [-0.2, 0) is 14.6 Å². The Morgan fingerprint density at radius 3 is 1.82 bits per heavy atom. The van der Waals surface area contributed by atoms with Gasteiger partial charge in [-0.1, -0.05) is 6.58 Å². The third kappa shape index (κ3) is 9.62. The van der Waals surface area contributed by atoms with Gasteiger partial charge in [-0.15, -0.1) is 0 Å². The van der Waals surface area contributed by atoms with Crippen molar-refractivity contribution < 1.29 is 14.6 Å². The van der Waals surface area contributed by atoms with Crippen LogP contribution in [0.5, 0.6) is 0 Å². The number of allylic oxidation sites excluding steroid dienone is 1. The minimum Gasteiger partial charge on any atom is -0.276 e. The number of halogens is 1. The van der Waals surface area contributed by atoms with Gasteiger partial charge in [-0.25, -0.2) is 9.78 Å². The average molecular weight is 179 g/mol. The molecule has 0 aromatic heterocycles. The summed E-state index contributed by atoms with van der Waals surface area (Å²) in [5, 5.41) is -0.509. The van der Waals surface area contributed by atoms with Crippen LogP contribution < -0.4 is 0 Å². The molecule has 0 aromatic rings. The van der Waals surface area contributed by atoms with Crippen LogP contribution in [-0.4, -0.2) is 18.5 Å². The summed E-state index contributed by atoms with van der Waals surface area (Å²) in [7, 11) is 0. The van der Waals surface area contributed by atoms with Crippen LogP contribution in [0.15, 0.2) is 12.7 Å². The second kappa shape index (κ2) is 7.72. The van der Waals surface area contributed by atoms with Crippen molar-refractivity contribution >= 4 is 16.8 Å². The predicted molar refractivity (Wildman–Crippen MR) is 42.2 cm³/mol. The van der Waals surface area contributed by atoms with E-state index in [0.29, 0.717) is 0 Å². The van der Waals surface area contributed by atoms with Gasteiger partial charge in [0.25, 0.3) is 0 Å². The molecule has 64 valence electrons. The Morgan fingerprint density at radius 2 is 1.73 bits per heavy atom. The smallest absolute Gasteiger partial charge is 0.244 e. The molecule has 0 spiro atoms. The first-order chi connectivity index (χ1) is 5.27. The molecule has 0 aromatic carbocycles. The van der Waals surface area contributed by atoms with Gasteiger partial charge in [0.05, 0.1) is 13.2 Å². The number of hydrogen-bond acceptors (Lipinski definition) is 3. The van der Waals surface area contributed by atoms with Crippen molar-refractivity contribution in [2.24, 2.45) is 0 Å². The standard InChI is InChI=1S/C4H8O2.C3H3ClO/c1-2-4-6-5-3-1;1-2-3(4)5/h1-4H2;2H,1H2. The van der Waals surface area contributed by atoms with Crippen LogP contribution in [0, 0.1) is 0 Å². The largest absolute Gasteiger partial charge is 0.276 e. The maximum absolute atomic E-state index is 9.46. The number of carbonyl (C=O) groups is 1. The molecule has 0 atom stereocenters. The number of hydrogen-bond donors (Lipinski definition) is 0. The molecule has 0 unspecified atom stereocenters. The highest BCUT2D eigenvalue weighted by Crippen LogP contribution is 1.97. The number of carbonyl (C=O) groups excluding carboxylic acids is 1. The van der Waals surface area contributed by atoms with Crippen molar-refractivity contribution in [1.82, 2.24) is 0 Å². The summed E-state index contributed by atoms with van der Waals surface area (Å²) in [6.07, 6.45) is 3.35. The molecule has 1 heterocycles. The van der Waals surface area contributed by atoms with Crippen LogP contribution in [0.3, 0.4) is 0 Å². The van der Waals surface area contributed by atoms with Gasteiger partial charge in [-0.05, 0) is 30.5 Å². The van der Waals surface area contributed by atoms with Crippen LogP contribution >= 0.6 is 11.6 Å². The summed E-state index contributed by atoms with van der Waals surface area (Å²) in [6, 6.07) is 0. The topological polar surface area (TPSA) is 35.5 Å². The van der Waals surface area contributed by atoms with Gasteiger partial charge in [0.15, 0.2) is 0 Å². The Bertz CT molecular complexity index is 109. The zero-order valence-corrected chi connectivity index (χ0v) is 6.97. The first-order valence-corrected chi connectivity index (χ1v) is 3.71. The van der Waals surface area contributed by atoms with Crippen molar-refractivity contribution in [3.63, 3.8) is 0 Å². The molecule has 0 bridgehead atoms. The zero-order valence-electron chi connectivity index (χ0n) is 6.22. The van der Waals surface area contributed by atoms with Crippen molar-refractivity contribution in [1.29, 1.82) is 0 Å². The fourth-order valence-corrected chi connectivity index (χ4v) is 0.440. The van der Waals surface area contributed by atoms with Crippen LogP contribution in [0.4, 0.5) is 0 Å². The molecule has 1 aliphatic heterocycles. The van der Waals surface area contributed by atoms with E-state index < -0.39 is 5.24 Å². The van der Waals surface area contributed by atoms with Gasteiger partial charge in [-0.3, -0.25) is 4.79 Å². The maximum atomic E-state index is 9.46. The van der Waals surface area contributed by atoms with E-state index in [9.17, 15) is 4.79 Å². The zero-order chi connectivity index (χ0) is 8.53. The SMILES string of the molecule is C1CCOOC1.C=CC(=O)Cl. The lowest BCUT2D eigenvalue weighted by Gasteiger charge is -2.07. The van der Waals surface area contributed by atoms with Crippen molar-refractivity contribution in [3.05, 3.63) is 12.7 Å². The van der Waals surface area contributed by atoms with E-state index in [0.717, 1.165) is 32.1 Å². The van der Waals surface area contributed by atoms with E-state index >= 15 is 0 Å². The highest BCUT2D eigenvalue weighted by Gasteiger charge is 1.95. The minimum atomic E-state index is -0.509. The van der Waals surface area contributed by atoms with Gasteiger partial charge in [0, 0.05) is 0 Å². The second-order valence-electron chi connectivity index (χ2n) is 1.86. The van der Waals surface area contributed by atoms with E-state index in [2.05, 4.69) is 16.4 Å². The molecular formula is C7H11ClO3. The molecule has 1 fully saturated rings. The Morgan fingerprint density at radius 1 is 1.36 bits per heavy atom. The van der Waals surface area contributed by atoms with Crippen molar-refractivity contribution in [2.45, 2.75) is 12.8 Å². The second-order valence-corrected chi connectivity index (χ2v) is 2.23. The first kappa shape index (κ1) is 10.6. The summed E-state index contributed by atoms with van der Waals surface area (Å²) in [5.74, 6) is 0. The van der Waals surface area contributed by atoms with Crippen LogP contribution in [0.2, 0.25) is 0 Å². The van der Waals surface area contributed by atoms with Gasteiger partial charge < -0.3 is 0 Å². The minimum absolute atomic E-state index is 0.509. The highest BCUT2D eigenvalue weighted by molar-refractivity contribution is 6.66. The van der Waals surface area contributed by atoms with E-state index in [4.69, 9.17) is 11.6 Å². The van der Waals surface area contributed by atoms with Gasteiger partial charge in [-0.2, -0.15) is 0 Å². The van der Waals surface area contributed by atoms with E-state index in [1.807, 2.05) is 0 Å². The molecule has 4 heteroatoms. The maximum Gasteiger partial charge on any atom is 0.244 e. The molecule has 3 nitrogen and oxygen atoms in total.